The first-order valence-electron chi connectivity index (χ1n) is 13.9. The zero-order valence-electron chi connectivity index (χ0n) is 22.1. The lowest BCUT2D eigenvalue weighted by Crippen LogP contribution is -2.35. The van der Waals surface area contributed by atoms with Crippen molar-refractivity contribution in [3.63, 3.8) is 0 Å². The number of fused-ring (bicyclic) bond motifs is 7. The number of aromatic nitrogens is 2. The Hall–Kier alpha value is -5.00. The van der Waals surface area contributed by atoms with Crippen LogP contribution in [0.25, 0.3) is 47.9 Å². The summed E-state index contributed by atoms with van der Waals surface area (Å²) < 4.78 is 4.81. The molecule has 3 aromatic heterocycles. The highest BCUT2D eigenvalue weighted by Crippen LogP contribution is 2.40. The predicted octanol–water partition coefficient (Wildman–Crippen LogP) is 9.00. The molecular formula is C36H24N4S. The largest absolute Gasteiger partial charge is 0.334 e. The van der Waals surface area contributed by atoms with Crippen LogP contribution in [-0.2, 0) is 0 Å². The van der Waals surface area contributed by atoms with Crippen LogP contribution < -0.4 is 4.90 Å². The van der Waals surface area contributed by atoms with E-state index in [4.69, 9.17) is 9.98 Å². The second kappa shape index (κ2) is 8.75. The van der Waals surface area contributed by atoms with E-state index in [-0.39, 0.29) is 12.2 Å². The van der Waals surface area contributed by atoms with Gasteiger partial charge in [-0.05, 0) is 54.1 Å². The van der Waals surface area contributed by atoms with E-state index in [1.54, 1.807) is 0 Å². The van der Waals surface area contributed by atoms with E-state index in [1.165, 1.54) is 36.6 Å². The second-order valence-electron chi connectivity index (χ2n) is 10.6. The standard InChI is InChI=1S/C36H24N4S/c1-2-10-23(11-3-1)35-37-29-14-6-8-16-31(29)40(35)25-20-18-24(19-21-25)39-30-15-7-4-12-26(30)28-22-33-34(38-36(28)39)27-13-5-9-17-32(27)41-33/h1-22,31,35H. The van der Waals surface area contributed by atoms with Gasteiger partial charge in [0.25, 0.3) is 0 Å². The number of allylic oxidation sites excluding steroid dienone is 2. The number of thiophene rings is 1. The molecular weight excluding hydrogens is 520 g/mol. The van der Waals surface area contributed by atoms with E-state index in [2.05, 4.69) is 143 Å². The van der Waals surface area contributed by atoms with Gasteiger partial charge in [-0.25, -0.2) is 4.98 Å². The number of rotatable bonds is 3. The van der Waals surface area contributed by atoms with E-state index >= 15 is 0 Å². The van der Waals surface area contributed by atoms with Crippen LogP contribution in [-0.4, -0.2) is 21.3 Å². The van der Waals surface area contributed by atoms with Crippen LogP contribution in [0.15, 0.2) is 138 Å². The number of anilines is 1. The third-order valence-electron chi connectivity index (χ3n) is 8.29. The van der Waals surface area contributed by atoms with Crippen molar-refractivity contribution in [1.82, 2.24) is 9.55 Å². The van der Waals surface area contributed by atoms with Gasteiger partial charge in [0.2, 0.25) is 0 Å². The van der Waals surface area contributed by atoms with E-state index in [0.717, 1.165) is 28.3 Å². The molecule has 1 aliphatic heterocycles. The summed E-state index contributed by atoms with van der Waals surface area (Å²) in [6.07, 6.45) is 8.50. The zero-order valence-corrected chi connectivity index (χ0v) is 22.9. The summed E-state index contributed by atoms with van der Waals surface area (Å²) in [5.41, 5.74) is 7.77. The van der Waals surface area contributed by atoms with Crippen molar-refractivity contribution in [3.8, 4) is 5.69 Å². The molecule has 0 amide bonds. The molecule has 0 saturated heterocycles. The molecule has 2 atom stereocenters. The van der Waals surface area contributed by atoms with Crippen molar-refractivity contribution in [2.45, 2.75) is 12.2 Å². The third kappa shape index (κ3) is 3.39. The molecule has 4 heterocycles. The van der Waals surface area contributed by atoms with Gasteiger partial charge >= 0.3 is 0 Å². The first-order valence-corrected chi connectivity index (χ1v) is 14.7. The Bertz CT molecular complexity index is 2220. The number of nitrogens with zero attached hydrogens (tertiary/aromatic N) is 4. The van der Waals surface area contributed by atoms with Gasteiger partial charge in [0, 0.05) is 32.2 Å². The average molecular weight is 545 g/mol. The molecule has 0 saturated carbocycles. The van der Waals surface area contributed by atoms with Crippen LogP contribution >= 0.6 is 11.3 Å². The topological polar surface area (TPSA) is 33.4 Å². The van der Waals surface area contributed by atoms with Gasteiger partial charge in [0.15, 0.2) is 0 Å². The number of para-hydroxylation sites is 1. The van der Waals surface area contributed by atoms with Gasteiger partial charge in [-0.1, -0.05) is 85.0 Å². The average Bonchev–Trinajstić information content (AvgIpc) is 3.70. The molecule has 2 aliphatic rings. The lowest BCUT2D eigenvalue weighted by molar-refractivity contribution is 0.696. The summed E-state index contributed by atoms with van der Waals surface area (Å²) in [6.45, 7) is 0. The highest BCUT2D eigenvalue weighted by atomic mass is 32.1. The van der Waals surface area contributed by atoms with Gasteiger partial charge < -0.3 is 4.90 Å². The zero-order chi connectivity index (χ0) is 26.9. The van der Waals surface area contributed by atoms with Crippen molar-refractivity contribution < 1.29 is 0 Å². The van der Waals surface area contributed by atoms with Crippen LogP contribution in [0.4, 0.5) is 5.69 Å². The lowest BCUT2D eigenvalue weighted by Gasteiger charge is -2.31. The van der Waals surface area contributed by atoms with Crippen molar-refractivity contribution in [2.24, 2.45) is 4.99 Å². The van der Waals surface area contributed by atoms with Gasteiger partial charge in [0.1, 0.15) is 11.8 Å². The molecule has 41 heavy (non-hydrogen) atoms. The van der Waals surface area contributed by atoms with E-state index in [0.29, 0.717) is 0 Å². The molecule has 1 aliphatic carbocycles. The Balaban J connectivity index is 1.21. The summed E-state index contributed by atoms with van der Waals surface area (Å²) in [6, 6.07) is 39.1. The SMILES string of the molecule is C1=CC2=NC(c3ccccc3)N(c3ccc(-n4c5ccccc5c5cc6sc7ccccc7c6nc54)cc3)C2C=C1. The maximum Gasteiger partial charge on any atom is 0.148 e. The Morgan fingerprint density at radius 3 is 2.29 bits per heavy atom. The summed E-state index contributed by atoms with van der Waals surface area (Å²) in [7, 11) is 0. The number of benzene rings is 4. The number of hydrogen-bond donors (Lipinski definition) is 0. The Morgan fingerprint density at radius 1 is 0.659 bits per heavy atom. The molecule has 4 nitrogen and oxygen atoms in total. The normalized spacial score (nSPS) is 18.1. The minimum Gasteiger partial charge on any atom is -0.334 e. The Labute approximate surface area is 240 Å². The van der Waals surface area contributed by atoms with Crippen LogP contribution in [0.1, 0.15) is 11.7 Å². The molecule has 194 valence electrons. The van der Waals surface area contributed by atoms with Crippen molar-refractivity contribution in [3.05, 3.63) is 139 Å². The molecule has 4 aromatic carbocycles. The highest BCUT2D eigenvalue weighted by Gasteiger charge is 2.35. The van der Waals surface area contributed by atoms with E-state index < -0.39 is 0 Å². The first-order chi connectivity index (χ1) is 20.3. The van der Waals surface area contributed by atoms with Crippen LogP contribution in [0.2, 0.25) is 0 Å². The molecule has 9 rings (SSSR count). The molecule has 5 heteroatoms. The first kappa shape index (κ1) is 22.8. The molecule has 2 unspecified atom stereocenters. The molecule has 0 fully saturated rings. The fraction of sp³-hybridized carbons (Fsp3) is 0.0556. The minimum absolute atomic E-state index is 0.0653. The third-order valence-corrected chi connectivity index (χ3v) is 9.40. The van der Waals surface area contributed by atoms with Gasteiger partial charge in [0.05, 0.1) is 27.5 Å². The van der Waals surface area contributed by atoms with Crippen LogP contribution in [0.5, 0.6) is 0 Å². The maximum atomic E-state index is 5.31. The molecule has 0 N–H and O–H groups in total. The Morgan fingerprint density at radius 2 is 1.41 bits per heavy atom. The lowest BCUT2D eigenvalue weighted by atomic mass is 10.0. The Kier molecular flexibility index (Phi) is 4.86. The highest BCUT2D eigenvalue weighted by molar-refractivity contribution is 7.25. The molecule has 7 aromatic rings. The van der Waals surface area contributed by atoms with Gasteiger partial charge in [-0.3, -0.25) is 9.56 Å². The predicted molar refractivity (Wildman–Crippen MR) is 173 cm³/mol. The monoisotopic (exact) mass is 544 g/mol. The van der Waals surface area contributed by atoms with E-state index in [9.17, 15) is 0 Å². The summed E-state index contributed by atoms with van der Waals surface area (Å²) in [5, 5.41) is 3.62. The fourth-order valence-corrected chi connectivity index (χ4v) is 7.52. The summed E-state index contributed by atoms with van der Waals surface area (Å²) in [4.78, 5) is 12.9. The molecule has 0 radical (unpaired) electrons. The molecule has 0 spiro atoms. The van der Waals surface area contributed by atoms with Gasteiger partial charge in [-0.2, -0.15) is 0 Å². The van der Waals surface area contributed by atoms with Crippen LogP contribution in [0, 0.1) is 0 Å². The second-order valence-corrected chi connectivity index (χ2v) is 11.7. The molecule has 0 bridgehead atoms. The van der Waals surface area contributed by atoms with Gasteiger partial charge in [-0.15, -0.1) is 11.3 Å². The smallest absolute Gasteiger partial charge is 0.148 e. The number of hydrogen-bond acceptors (Lipinski definition) is 4. The van der Waals surface area contributed by atoms with E-state index in [1.807, 2.05) is 11.3 Å². The quantitative estimate of drug-likeness (QED) is 0.222. The summed E-state index contributed by atoms with van der Waals surface area (Å²) >= 11 is 1.82. The summed E-state index contributed by atoms with van der Waals surface area (Å²) in [5.74, 6) is 0. The van der Waals surface area contributed by atoms with Crippen molar-refractivity contribution in [2.75, 3.05) is 4.90 Å². The van der Waals surface area contributed by atoms with Crippen molar-refractivity contribution >= 4 is 65.0 Å². The fourth-order valence-electron chi connectivity index (χ4n) is 6.43. The maximum absolute atomic E-state index is 5.31. The van der Waals surface area contributed by atoms with Crippen molar-refractivity contribution in [1.29, 1.82) is 0 Å². The van der Waals surface area contributed by atoms with Crippen LogP contribution in [0.3, 0.4) is 0 Å². The minimum atomic E-state index is -0.0653. The number of aliphatic imine (C=N–C) groups is 1. The number of pyridine rings is 1.